The van der Waals surface area contributed by atoms with Gasteiger partial charge in [-0.05, 0) is 34.7 Å². The Kier molecular flexibility index (Phi) is 5.32. The van der Waals surface area contributed by atoms with Crippen LogP contribution >= 0.6 is 0 Å². The molecule has 12 heteroatoms. The molecule has 0 bridgehead atoms. The van der Waals surface area contributed by atoms with Crippen molar-refractivity contribution in [1.82, 2.24) is 24.9 Å². The fourth-order valence-corrected chi connectivity index (χ4v) is 5.29. The van der Waals surface area contributed by atoms with Crippen molar-refractivity contribution in [3.8, 4) is 17.8 Å². The van der Waals surface area contributed by atoms with Gasteiger partial charge < -0.3 is 14.2 Å². The molecule has 0 aliphatic carbocycles. The predicted molar refractivity (Wildman–Crippen MR) is 108 cm³/mol. The number of ether oxygens (including phenoxy) is 3. The van der Waals surface area contributed by atoms with Crippen LogP contribution in [0.1, 0.15) is 11.6 Å². The van der Waals surface area contributed by atoms with Crippen LogP contribution in [-0.4, -0.2) is 60.1 Å². The first kappa shape index (κ1) is 20.5. The summed E-state index contributed by atoms with van der Waals surface area (Å²) < 4.78 is 47.4. The lowest BCUT2D eigenvalue weighted by Gasteiger charge is -2.18. The highest BCUT2D eigenvalue weighted by Crippen LogP contribution is 2.36. The highest BCUT2D eigenvalue weighted by Gasteiger charge is 2.51. The van der Waals surface area contributed by atoms with Gasteiger partial charge in [-0.25, -0.2) is 13.1 Å². The van der Waals surface area contributed by atoms with Crippen molar-refractivity contribution >= 4 is 10.0 Å². The molecule has 2 saturated heterocycles. The van der Waals surface area contributed by atoms with Crippen molar-refractivity contribution in [3.05, 3.63) is 60.2 Å². The third kappa shape index (κ3) is 3.71. The second-order valence-corrected chi connectivity index (χ2v) is 9.00. The van der Waals surface area contributed by atoms with Gasteiger partial charge in [-0.3, -0.25) is 0 Å². The SMILES string of the molecule is N#Cc1ccccc1S(=O)(=O)N[C@H]1CO[C@H]2[C@H]1OC[C@H]2n1nnnc1Oc1ccccc1. The second kappa shape index (κ2) is 8.29. The van der Waals surface area contributed by atoms with Crippen molar-refractivity contribution in [2.75, 3.05) is 13.2 Å². The van der Waals surface area contributed by atoms with Crippen LogP contribution in [-0.2, 0) is 19.5 Å². The van der Waals surface area contributed by atoms with E-state index in [0.29, 0.717) is 5.75 Å². The van der Waals surface area contributed by atoms with Crippen molar-refractivity contribution in [1.29, 1.82) is 5.26 Å². The van der Waals surface area contributed by atoms with Gasteiger partial charge in [0.2, 0.25) is 10.0 Å². The first-order chi connectivity index (χ1) is 15.6. The van der Waals surface area contributed by atoms with Crippen LogP contribution in [0.25, 0.3) is 0 Å². The second-order valence-electron chi connectivity index (χ2n) is 7.32. The van der Waals surface area contributed by atoms with Crippen molar-refractivity contribution < 1.29 is 22.6 Å². The summed E-state index contributed by atoms with van der Waals surface area (Å²) in [6.45, 7) is 0.329. The number of aromatic nitrogens is 4. The number of nitrogens with one attached hydrogen (secondary N) is 1. The summed E-state index contributed by atoms with van der Waals surface area (Å²) in [5.41, 5.74) is 0.0667. The lowest BCUT2D eigenvalue weighted by Crippen LogP contribution is -2.44. The standard InChI is InChI=1S/C20H18N6O5S/c21-10-13-6-4-5-9-17(13)32(27,28)23-15-11-29-19-16(12-30-18(15)19)26-20(22-24-25-26)31-14-7-2-1-3-8-14/h1-9,15-16,18-19,23H,11-12H2/t15-,16+,18-,19+/m0/s1. The monoisotopic (exact) mass is 454 g/mol. The molecule has 0 amide bonds. The molecular formula is C20H18N6O5S. The molecule has 4 atom stereocenters. The van der Waals surface area contributed by atoms with E-state index in [9.17, 15) is 13.7 Å². The van der Waals surface area contributed by atoms with Crippen molar-refractivity contribution in [2.45, 2.75) is 29.2 Å². The average Bonchev–Trinajstić information content (AvgIpc) is 3.52. The largest absolute Gasteiger partial charge is 0.423 e. The number of nitrogens with zero attached hydrogens (tertiary/aromatic N) is 5. The fourth-order valence-electron chi connectivity index (χ4n) is 3.90. The summed E-state index contributed by atoms with van der Waals surface area (Å²) in [7, 11) is -3.95. The van der Waals surface area contributed by atoms with Crippen LogP contribution in [0.3, 0.4) is 0 Å². The average molecular weight is 454 g/mol. The lowest BCUT2D eigenvalue weighted by molar-refractivity contribution is 0.0615. The molecule has 2 fully saturated rings. The first-order valence-corrected chi connectivity index (χ1v) is 11.3. The number of hydrogen-bond acceptors (Lipinski definition) is 9. The van der Waals surface area contributed by atoms with E-state index in [1.54, 1.807) is 24.3 Å². The third-order valence-electron chi connectivity index (χ3n) is 5.36. The van der Waals surface area contributed by atoms with Gasteiger partial charge in [-0.1, -0.05) is 35.4 Å². The van der Waals surface area contributed by atoms with Crippen LogP contribution in [0.2, 0.25) is 0 Å². The van der Waals surface area contributed by atoms with Gasteiger partial charge in [-0.15, -0.1) is 0 Å². The van der Waals surface area contributed by atoms with Crippen LogP contribution in [0, 0.1) is 11.3 Å². The van der Waals surface area contributed by atoms with Gasteiger partial charge in [0, 0.05) is 0 Å². The van der Waals surface area contributed by atoms with E-state index in [4.69, 9.17) is 14.2 Å². The maximum Gasteiger partial charge on any atom is 0.341 e. The number of para-hydroxylation sites is 1. The Bertz CT molecular complexity index is 1260. The molecule has 1 N–H and O–H groups in total. The smallest absolute Gasteiger partial charge is 0.341 e. The molecule has 3 aromatic rings. The molecule has 0 radical (unpaired) electrons. The molecule has 1 aromatic heterocycles. The molecule has 5 rings (SSSR count). The minimum atomic E-state index is -3.95. The molecule has 32 heavy (non-hydrogen) atoms. The number of rotatable bonds is 6. The number of sulfonamides is 1. The summed E-state index contributed by atoms with van der Waals surface area (Å²) in [5.74, 6) is 0.577. The van der Waals surface area contributed by atoms with Crippen LogP contribution in [0.5, 0.6) is 11.8 Å². The fraction of sp³-hybridized carbons (Fsp3) is 0.300. The Morgan fingerprint density at radius 3 is 2.62 bits per heavy atom. The normalized spacial score (nSPS) is 24.7. The van der Waals surface area contributed by atoms with E-state index < -0.39 is 34.3 Å². The van der Waals surface area contributed by atoms with Gasteiger partial charge in [0.1, 0.15) is 30.1 Å². The molecule has 0 saturated carbocycles. The Balaban J connectivity index is 1.33. The minimum absolute atomic E-state index is 0.0667. The van der Waals surface area contributed by atoms with Gasteiger partial charge in [0.25, 0.3) is 0 Å². The van der Waals surface area contributed by atoms with Crippen molar-refractivity contribution in [2.24, 2.45) is 0 Å². The van der Waals surface area contributed by atoms with Crippen molar-refractivity contribution in [3.63, 3.8) is 0 Å². The number of nitriles is 1. The highest BCUT2D eigenvalue weighted by molar-refractivity contribution is 7.89. The number of hydrogen-bond donors (Lipinski definition) is 1. The molecular weight excluding hydrogens is 436 g/mol. The van der Waals surface area contributed by atoms with E-state index >= 15 is 0 Å². The zero-order chi connectivity index (χ0) is 22.1. The molecule has 3 heterocycles. The predicted octanol–water partition coefficient (Wildman–Crippen LogP) is 1.02. The number of benzene rings is 2. The van der Waals surface area contributed by atoms with Gasteiger partial charge >= 0.3 is 6.01 Å². The molecule has 0 unspecified atom stereocenters. The number of fused-ring (bicyclic) bond motifs is 1. The topological polar surface area (TPSA) is 141 Å². The maximum atomic E-state index is 12.9. The Morgan fingerprint density at radius 1 is 1.06 bits per heavy atom. The highest BCUT2D eigenvalue weighted by atomic mass is 32.2. The lowest BCUT2D eigenvalue weighted by atomic mass is 10.1. The summed E-state index contributed by atoms with van der Waals surface area (Å²) in [6, 6.07) is 16.2. The molecule has 164 valence electrons. The molecule has 2 aliphatic heterocycles. The van der Waals surface area contributed by atoms with Gasteiger partial charge in [0.05, 0.1) is 29.7 Å². The van der Waals surface area contributed by atoms with E-state index in [1.165, 1.54) is 16.8 Å². The summed E-state index contributed by atoms with van der Waals surface area (Å²) in [6.07, 6.45) is -1.02. The summed E-state index contributed by atoms with van der Waals surface area (Å²) in [5, 5.41) is 20.9. The van der Waals surface area contributed by atoms with E-state index in [1.807, 2.05) is 24.3 Å². The van der Waals surface area contributed by atoms with Crippen LogP contribution in [0.15, 0.2) is 59.5 Å². The Hall–Kier alpha value is -3.37. The van der Waals surface area contributed by atoms with Crippen LogP contribution in [0.4, 0.5) is 0 Å². The van der Waals surface area contributed by atoms with E-state index in [-0.39, 0.29) is 29.7 Å². The molecule has 2 aliphatic rings. The minimum Gasteiger partial charge on any atom is -0.423 e. The first-order valence-electron chi connectivity index (χ1n) is 9.82. The summed E-state index contributed by atoms with van der Waals surface area (Å²) >= 11 is 0. The quantitative estimate of drug-likeness (QED) is 0.578. The molecule has 2 aromatic carbocycles. The van der Waals surface area contributed by atoms with E-state index in [0.717, 1.165) is 0 Å². The summed E-state index contributed by atoms with van der Waals surface area (Å²) in [4.78, 5) is -0.0838. The zero-order valence-corrected chi connectivity index (χ0v) is 17.4. The Labute approximate surface area is 183 Å². The third-order valence-corrected chi connectivity index (χ3v) is 6.91. The van der Waals surface area contributed by atoms with Gasteiger partial charge in [0.15, 0.2) is 0 Å². The van der Waals surface area contributed by atoms with E-state index in [2.05, 4.69) is 20.2 Å². The Morgan fingerprint density at radius 2 is 1.81 bits per heavy atom. The van der Waals surface area contributed by atoms with Gasteiger partial charge in [-0.2, -0.15) is 9.94 Å². The maximum absolute atomic E-state index is 12.9. The van der Waals surface area contributed by atoms with Crippen LogP contribution < -0.4 is 9.46 Å². The number of tetrazole rings is 1. The zero-order valence-electron chi connectivity index (χ0n) is 16.6. The molecule has 0 spiro atoms. The molecule has 11 nitrogen and oxygen atoms in total.